The van der Waals surface area contributed by atoms with Crippen molar-refractivity contribution in [2.45, 2.75) is 42.4 Å². The van der Waals surface area contributed by atoms with Crippen molar-refractivity contribution in [1.82, 2.24) is 0 Å². The summed E-state index contributed by atoms with van der Waals surface area (Å²) in [6.45, 7) is 2.38. The quantitative estimate of drug-likeness (QED) is 0.0889. The zero-order valence-corrected chi connectivity index (χ0v) is 34.7. The van der Waals surface area contributed by atoms with Crippen LogP contribution in [0.5, 0.6) is 0 Å². The zero-order valence-electron chi connectivity index (χ0n) is 30.6. The summed E-state index contributed by atoms with van der Waals surface area (Å²) in [5.74, 6) is -4.82. The molecule has 0 aromatic heterocycles. The molecule has 0 saturated carbocycles. The molecule has 0 spiro atoms. The van der Waals surface area contributed by atoms with Gasteiger partial charge in [-0.1, -0.05) is 18.2 Å². The minimum Gasteiger partial charge on any atom is -0.478 e. The molecule has 0 aliphatic carbocycles. The Hall–Kier alpha value is -4.11. The number of carboxylic acid groups (broad SMARTS) is 1. The third kappa shape index (κ3) is 9.84. The molecule has 19 nitrogen and oxygen atoms in total. The van der Waals surface area contributed by atoms with Gasteiger partial charge in [0.05, 0.1) is 38.9 Å². The van der Waals surface area contributed by atoms with Crippen molar-refractivity contribution in [3.05, 3.63) is 89.1 Å². The molecule has 6 N–H and O–H groups in total. The summed E-state index contributed by atoms with van der Waals surface area (Å²) in [5.41, 5.74) is -2.81. The molecular weight excluding hydrogens is 869 g/mol. The first-order valence-electron chi connectivity index (χ1n) is 17.0. The van der Waals surface area contributed by atoms with Gasteiger partial charge >= 0.3 is 5.97 Å². The smallest absolute Gasteiger partial charge is 0.335 e. The molecule has 0 radical (unpaired) electrons. The molecule has 2 aliphatic heterocycles. The molecule has 0 amide bonds. The van der Waals surface area contributed by atoms with Crippen molar-refractivity contribution < 1.29 is 79.3 Å². The standard InChI is InChI=1S/C34H38N2O17S5/c1-33(20-56(45,46)47)26-12-9-23(32(37)38)18-28(26)36(15-5-17-55(42,43)44)29(33)6-3-7-30-34(2,21-57(48,49)50)31-25-19-24(58(51,52)53)11-8-22(25)10-13-27(31)35(30)14-4-16-54(39,40)41/h3,6-13,18-19H,4-5,14-17,20-21H2,1-2H3,(H5-,37,38,39,40,41,42,43,44,45,46,47,48,49,50,51,52,53)/p+1. The fourth-order valence-electron chi connectivity index (χ4n) is 7.83. The van der Waals surface area contributed by atoms with Crippen molar-refractivity contribution in [1.29, 1.82) is 0 Å². The van der Waals surface area contributed by atoms with Crippen LogP contribution in [0, 0.1) is 0 Å². The molecule has 0 bridgehead atoms. The van der Waals surface area contributed by atoms with Crippen LogP contribution in [0.25, 0.3) is 10.8 Å². The molecule has 58 heavy (non-hydrogen) atoms. The Bertz CT molecular complexity index is 2890. The van der Waals surface area contributed by atoms with E-state index in [1.54, 1.807) is 6.07 Å². The highest BCUT2D eigenvalue weighted by Gasteiger charge is 2.52. The fraction of sp³-hybridized carbons (Fsp3) is 0.353. The van der Waals surface area contributed by atoms with Crippen LogP contribution in [0.15, 0.2) is 77.4 Å². The van der Waals surface area contributed by atoms with Crippen molar-refractivity contribution in [3.63, 3.8) is 0 Å². The van der Waals surface area contributed by atoms with Crippen LogP contribution in [0.1, 0.15) is 48.2 Å². The Kier molecular flexibility index (Phi) is 12.0. The maximum Gasteiger partial charge on any atom is 0.335 e. The van der Waals surface area contributed by atoms with Crippen molar-refractivity contribution in [3.8, 4) is 0 Å². The van der Waals surface area contributed by atoms with Crippen molar-refractivity contribution >= 4 is 84.4 Å². The second kappa shape index (κ2) is 15.5. The number of aromatic carboxylic acids is 1. The van der Waals surface area contributed by atoms with Crippen LogP contribution in [-0.4, -0.2) is 122 Å². The normalized spacial score (nSPS) is 21.0. The Morgan fingerprint density at radius 1 is 0.741 bits per heavy atom. The number of allylic oxidation sites excluding steroid dienone is 4. The average molecular weight is 908 g/mol. The van der Waals surface area contributed by atoms with Crippen LogP contribution < -0.4 is 4.90 Å². The van der Waals surface area contributed by atoms with Gasteiger partial charge in [0.15, 0.2) is 5.71 Å². The summed E-state index contributed by atoms with van der Waals surface area (Å²) in [4.78, 5) is 12.8. The van der Waals surface area contributed by atoms with Crippen LogP contribution >= 0.6 is 0 Å². The Balaban J connectivity index is 1.79. The molecular formula is C34H39N2O17S5+. The van der Waals surface area contributed by atoms with Gasteiger partial charge in [0.25, 0.3) is 50.6 Å². The van der Waals surface area contributed by atoms with Gasteiger partial charge in [-0.15, -0.1) is 0 Å². The summed E-state index contributed by atoms with van der Waals surface area (Å²) in [7, 11) is -23.5. The number of hydrogen-bond donors (Lipinski definition) is 6. The van der Waals surface area contributed by atoms with Crippen molar-refractivity contribution in [2.75, 3.05) is 41.0 Å². The Morgan fingerprint density at radius 2 is 1.33 bits per heavy atom. The second-order valence-electron chi connectivity index (χ2n) is 14.4. The van der Waals surface area contributed by atoms with Gasteiger partial charge in [-0.3, -0.25) is 22.8 Å². The molecule has 5 rings (SSSR count). The highest BCUT2D eigenvalue weighted by molar-refractivity contribution is 7.86. The van der Waals surface area contributed by atoms with E-state index in [0.717, 1.165) is 12.1 Å². The second-order valence-corrected chi connectivity index (χ2v) is 21.8. The summed E-state index contributed by atoms with van der Waals surface area (Å²) < 4.78 is 172. The van der Waals surface area contributed by atoms with Gasteiger partial charge in [0.1, 0.15) is 12.0 Å². The van der Waals surface area contributed by atoms with E-state index >= 15 is 0 Å². The van der Waals surface area contributed by atoms with Crippen molar-refractivity contribution in [2.24, 2.45) is 0 Å². The van der Waals surface area contributed by atoms with E-state index in [2.05, 4.69) is 0 Å². The first-order chi connectivity index (χ1) is 26.4. The summed E-state index contributed by atoms with van der Waals surface area (Å²) in [6.07, 6.45) is 3.52. The highest BCUT2D eigenvalue weighted by Crippen LogP contribution is 2.50. The van der Waals surface area contributed by atoms with Gasteiger partial charge in [0, 0.05) is 42.1 Å². The maximum atomic E-state index is 12.7. The van der Waals surface area contributed by atoms with Crippen LogP contribution in [-0.2, 0) is 61.4 Å². The minimum absolute atomic E-state index is 0.0650. The number of anilines is 1. The monoisotopic (exact) mass is 907 g/mol. The molecule has 2 atom stereocenters. The SMILES string of the molecule is CC1(CS(=O)(=O)O)C(/C=C/C=C2/N(CCCS(=O)(=O)O)c3cc(C(=O)O)ccc3C2(C)CS(=O)(=O)O)=[N+](CCCS(=O)(=O)O)c2ccc3ccc(S(=O)(=O)O)cc3c21. The molecule has 2 heterocycles. The lowest BCUT2D eigenvalue weighted by molar-refractivity contribution is -0.437. The highest BCUT2D eigenvalue weighted by atomic mass is 32.2. The van der Waals surface area contributed by atoms with Gasteiger partial charge in [-0.25, -0.2) is 4.79 Å². The molecule has 0 saturated heterocycles. The molecule has 2 aliphatic rings. The summed E-state index contributed by atoms with van der Waals surface area (Å²) in [5, 5.41) is 10.2. The number of carbonyl (C=O) groups is 1. The van der Waals surface area contributed by atoms with E-state index in [-0.39, 0.29) is 70.8 Å². The van der Waals surface area contributed by atoms with Crippen LogP contribution in [0.2, 0.25) is 0 Å². The zero-order chi connectivity index (χ0) is 43.4. The topological polar surface area (TPSA) is 315 Å². The Labute approximate surface area is 334 Å². The lowest BCUT2D eigenvalue weighted by Crippen LogP contribution is -2.38. The average Bonchev–Trinajstić information content (AvgIpc) is 3.41. The van der Waals surface area contributed by atoms with Gasteiger partial charge in [-0.2, -0.15) is 46.7 Å². The maximum absolute atomic E-state index is 12.7. The van der Waals surface area contributed by atoms with E-state index in [0.29, 0.717) is 5.39 Å². The molecule has 316 valence electrons. The van der Waals surface area contributed by atoms with Gasteiger partial charge < -0.3 is 10.0 Å². The molecule has 24 heteroatoms. The first-order valence-corrected chi connectivity index (χ1v) is 24.9. The van der Waals surface area contributed by atoms with E-state index in [1.807, 2.05) is 0 Å². The van der Waals surface area contributed by atoms with E-state index < -0.39 is 95.3 Å². The molecule has 3 aromatic rings. The number of benzene rings is 3. The van der Waals surface area contributed by atoms with Crippen LogP contribution in [0.3, 0.4) is 0 Å². The predicted octanol–water partition coefficient (Wildman–Crippen LogP) is 2.69. The van der Waals surface area contributed by atoms with Gasteiger partial charge in [-0.05, 0) is 73.0 Å². The Morgan fingerprint density at radius 3 is 1.90 bits per heavy atom. The third-order valence-corrected chi connectivity index (χ3v) is 14.3. The van der Waals surface area contributed by atoms with Crippen LogP contribution in [0.4, 0.5) is 11.4 Å². The largest absolute Gasteiger partial charge is 0.478 e. The summed E-state index contributed by atoms with van der Waals surface area (Å²) in [6, 6.07) is 10.4. The number of hydrogen-bond acceptors (Lipinski definition) is 12. The predicted molar refractivity (Wildman–Crippen MR) is 211 cm³/mol. The van der Waals surface area contributed by atoms with E-state index in [9.17, 15) is 74.8 Å². The molecule has 2 unspecified atom stereocenters. The number of fused-ring (bicyclic) bond motifs is 4. The van der Waals surface area contributed by atoms with E-state index in [1.165, 1.54) is 71.9 Å². The number of rotatable bonds is 16. The number of carboxylic acids is 1. The van der Waals surface area contributed by atoms with Gasteiger partial charge in [0.2, 0.25) is 5.69 Å². The fourth-order valence-corrected chi connectivity index (χ4v) is 11.4. The number of nitrogens with zero attached hydrogens (tertiary/aromatic N) is 2. The third-order valence-electron chi connectivity index (χ3n) is 9.97. The summed E-state index contributed by atoms with van der Waals surface area (Å²) >= 11 is 0. The molecule has 3 aromatic carbocycles. The van der Waals surface area contributed by atoms with E-state index in [4.69, 9.17) is 0 Å². The lowest BCUT2D eigenvalue weighted by Gasteiger charge is -2.29. The lowest BCUT2D eigenvalue weighted by atomic mass is 9.78. The minimum atomic E-state index is -4.89. The first kappa shape index (κ1) is 45.0. The molecule has 0 fully saturated rings.